The van der Waals surface area contributed by atoms with Gasteiger partial charge in [0.05, 0.1) is 6.42 Å². The highest BCUT2D eigenvalue weighted by molar-refractivity contribution is 7.80. The third kappa shape index (κ3) is 6.69. The van der Waals surface area contributed by atoms with E-state index in [1.165, 1.54) is 0 Å². The van der Waals surface area contributed by atoms with Crippen molar-refractivity contribution >= 4 is 36.4 Å². The molecule has 4 heterocycles. The smallest absolute Gasteiger partial charge is 0.327 e. The Morgan fingerprint density at radius 3 is 2.41 bits per heavy atom. The maximum Gasteiger partial charge on any atom is 0.327 e. The zero-order chi connectivity index (χ0) is 30.1. The number of thiol groups is 1. The normalized spacial score (nSPS) is 37.3. The predicted octanol–water partition coefficient (Wildman–Crippen LogP) is 2.55. The fourth-order valence-corrected chi connectivity index (χ4v) is 7.09. The molecule has 5 rings (SSSR count). The second-order valence-corrected chi connectivity index (χ2v) is 13.0. The molecule has 1 spiro atoms. The van der Waals surface area contributed by atoms with Crippen LogP contribution in [0.1, 0.15) is 79.6 Å². The standard InChI is InChI=1S/C28H44N2O10S/c1-14(2)12-19(23(33)30-20(13-41)24(34)35)29-21(31)8-9-22(32)36-25-16(4)18-7-6-15(3)17-10-11-27(5)38-26(37-25)28(17,18)40-39-27/h14-20,25-26,41H,6-13H2,1-5H3,(H,29,31)(H,30,33)(H,34,35)/t15-,16-,17+,18-,19+,20+,25-,26+,27+,28-/m1/s1. The van der Waals surface area contributed by atoms with Gasteiger partial charge in [-0.25, -0.2) is 14.6 Å². The molecule has 0 aromatic rings. The summed E-state index contributed by atoms with van der Waals surface area (Å²) >= 11 is 3.96. The Bertz CT molecular complexity index is 1010. The number of carbonyl (C=O) groups is 4. The Labute approximate surface area is 246 Å². The summed E-state index contributed by atoms with van der Waals surface area (Å²) in [6.45, 7) is 9.77. The summed E-state index contributed by atoms with van der Waals surface area (Å²) in [5.41, 5.74) is -0.769. The lowest BCUT2D eigenvalue weighted by Gasteiger charge is -2.59. The molecule has 232 valence electrons. The van der Waals surface area contributed by atoms with E-state index in [1.807, 2.05) is 27.7 Å². The number of nitrogens with one attached hydrogen (secondary N) is 2. The molecular weight excluding hydrogens is 556 g/mol. The van der Waals surface area contributed by atoms with Gasteiger partial charge >= 0.3 is 11.9 Å². The topological polar surface area (TPSA) is 159 Å². The number of carboxylic acid groups (broad SMARTS) is 1. The fraction of sp³-hybridized carbons (Fsp3) is 0.857. The molecule has 10 atom stereocenters. The molecule has 0 aromatic heterocycles. The molecule has 1 saturated carbocycles. The Hall–Kier alpha value is -1.93. The van der Waals surface area contributed by atoms with Gasteiger partial charge in [0.25, 0.3) is 0 Å². The molecule has 1 aliphatic carbocycles. The number of esters is 1. The van der Waals surface area contributed by atoms with Crippen molar-refractivity contribution in [3.8, 4) is 0 Å². The maximum atomic E-state index is 12.9. The number of amides is 2. The second-order valence-electron chi connectivity index (χ2n) is 12.6. The number of hydrogen-bond donors (Lipinski definition) is 4. The van der Waals surface area contributed by atoms with Crippen molar-refractivity contribution in [1.29, 1.82) is 0 Å². The van der Waals surface area contributed by atoms with Crippen molar-refractivity contribution in [2.75, 3.05) is 5.75 Å². The Kier molecular flexibility index (Phi) is 9.94. The molecule has 0 aromatic carbocycles. The van der Waals surface area contributed by atoms with Crippen LogP contribution in [-0.2, 0) is 43.2 Å². The number of hydrogen-bond acceptors (Lipinski definition) is 10. The molecular formula is C28H44N2O10S. The van der Waals surface area contributed by atoms with Crippen molar-refractivity contribution in [2.24, 2.45) is 29.6 Å². The summed E-state index contributed by atoms with van der Waals surface area (Å²) in [7, 11) is 0. The SMILES string of the molecule is CC(C)C[C@H](NC(=O)CCC(=O)O[C@@H]1O[C@H]2O[C@]3(C)CC[C@H]4[C@H](C)CC[C@H]([C@H]1C)[C@@]24OO3)C(=O)N[C@@H](CS)C(=O)O. The summed E-state index contributed by atoms with van der Waals surface area (Å²) < 4.78 is 18.3. The van der Waals surface area contributed by atoms with Crippen LogP contribution >= 0.6 is 12.6 Å². The van der Waals surface area contributed by atoms with Gasteiger partial charge in [-0.15, -0.1) is 0 Å². The summed E-state index contributed by atoms with van der Waals surface area (Å²) in [5.74, 6) is -3.57. The van der Waals surface area contributed by atoms with E-state index in [2.05, 4.69) is 30.2 Å². The van der Waals surface area contributed by atoms with Gasteiger partial charge in [-0.2, -0.15) is 12.6 Å². The molecule has 5 aliphatic rings. The summed E-state index contributed by atoms with van der Waals surface area (Å²) in [4.78, 5) is 61.4. The van der Waals surface area contributed by atoms with Gasteiger partial charge in [0.1, 0.15) is 12.1 Å². The van der Waals surface area contributed by atoms with Gasteiger partial charge < -0.3 is 30.0 Å². The predicted molar refractivity (Wildman–Crippen MR) is 147 cm³/mol. The third-order valence-electron chi connectivity index (χ3n) is 9.06. The van der Waals surface area contributed by atoms with Crippen molar-refractivity contribution < 1.29 is 48.3 Å². The van der Waals surface area contributed by atoms with Gasteiger partial charge in [0.2, 0.25) is 23.9 Å². The second kappa shape index (κ2) is 12.7. The summed E-state index contributed by atoms with van der Waals surface area (Å²) in [6.07, 6.45) is 1.67. The van der Waals surface area contributed by atoms with Crippen LogP contribution < -0.4 is 10.6 Å². The number of fused-ring (bicyclic) bond motifs is 2. The molecule has 41 heavy (non-hydrogen) atoms. The first-order chi connectivity index (χ1) is 19.3. The highest BCUT2D eigenvalue weighted by atomic mass is 32.1. The molecule has 3 N–H and O–H groups in total. The average Bonchev–Trinajstić information content (AvgIpc) is 3.13. The van der Waals surface area contributed by atoms with Crippen LogP contribution in [0, 0.1) is 29.6 Å². The quantitative estimate of drug-likeness (QED) is 0.158. The fourth-order valence-electron chi connectivity index (χ4n) is 6.84. The highest BCUT2D eigenvalue weighted by Crippen LogP contribution is 2.60. The first kappa shape index (κ1) is 32.0. The number of aliphatic carboxylic acids is 1. The van der Waals surface area contributed by atoms with Gasteiger partial charge in [0.15, 0.2) is 11.9 Å². The maximum absolute atomic E-state index is 12.9. The molecule has 0 unspecified atom stereocenters. The molecule has 5 fully saturated rings. The van der Waals surface area contributed by atoms with E-state index in [-0.39, 0.29) is 42.3 Å². The van der Waals surface area contributed by atoms with E-state index in [4.69, 9.17) is 24.0 Å². The third-order valence-corrected chi connectivity index (χ3v) is 9.42. The van der Waals surface area contributed by atoms with E-state index in [1.54, 1.807) is 0 Å². The van der Waals surface area contributed by atoms with Crippen LogP contribution in [0.2, 0.25) is 0 Å². The van der Waals surface area contributed by atoms with Crippen molar-refractivity contribution in [2.45, 2.75) is 116 Å². The van der Waals surface area contributed by atoms with Gasteiger partial charge in [-0.1, -0.05) is 27.7 Å². The monoisotopic (exact) mass is 600 g/mol. The number of carbonyl (C=O) groups excluding carboxylic acids is 3. The minimum Gasteiger partial charge on any atom is -0.480 e. The van der Waals surface area contributed by atoms with E-state index in [0.717, 1.165) is 19.3 Å². The van der Waals surface area contributed by atoms with Crippen LogP contribution in [0.25, 0.3) is 0 Å². The van der Waals surface area contributed by atoms with Crippen LogP contribution in [0.3, 0.4) is 0 Å². The number of carboxylic acids is 1. The Morgan fingerprint density at radius 2 is 1.76 bits per heavy atom. The first-order valence-corrected chi connectivity index (χ1v) is 15.3. The van der Waals surface area contributed by atoms with Gasteiger partial charge in [-0.05, 0) is 50.4 Å². The number of rotatable bonds is 11. The van der Waals surface area contributed by atoms with Crippen LogP contribution in [0.4, 0.5) is 0 Å². The van der Waals surface area contributed by atoms with E-state index in [9.17, 15) is 24.3 Å². The van der Waals surface area contributed by atoms with Crippen LogP contribution in [0.15, 0.2) is 0 Å². The first-order valence-electron chi connectivity index (χ1n) is 14.6. The minimum absolute atomic E-state index is 0.00612. The van der Waals surface area contributed by atoms with E-state index in [0.29, 0.717) is 18.8 Å². The zero-order valence-electron chi connectivity index (χ0n) is 24.4. The molecule has 2 amide bonds. The lowest BCUT2D eigenvalue weighted by atomic mass is 9.58. The zero-order valence-corrected chi connectivity index (χ0v) is 25.3. The summed E-state index contributed by atoms with van der Waals surface area (Å²) in [5, 5.41) is 14.2. The van der Waals surface area contributed by atoms with Crippen LogP contribution in [0.5, 0.6) is 0 Å². The van der Waals surface area contributed by atoms with Crippen LogP contribution in [-0.4, -0.2) is 70.7 Å². The lowest BCUT2D eigenvalue weighted by Crippen LogP contribution is -2.70. The Morgan fingerprint density at radius 1 is 1.02 bits per heavy atom. The number of ether oxygens (including phenoxy) is 3. The minimum atomic E-state index is -1.22. The molecule has 13 heteroatoms. The van der Waals surface area contributed by atoms with E-state index < -0.39 is 59.8 Å². The highest BCUT2D eigenvalue weighted by Gasteiger charge is 2.69. The van der Waals surface area contributed by atoms with Crippen molar-refractivity contribution in [1.82, 2.24) is 10.6 Å². The summed E-state index contributed by atoms with van der Waals surface area (Å²) in [6, 6.07) is -2.13. The lowest BCUT2D eigenvalue weighted by molar-refractivity contribution is -0.576. The molecule has 12 nitrogen and oxygen atoms in total. The van der Waals surface area contributed by atoms with E-state index >= 15 is 0 Å². The molecule has 4 aliphatic heterocycles. The van der Waals surface area contributed by atoms with Gasteiger partial charge in [-0.3, -0.25) is 14.4 Å². The van der Waals surface area contributed by atoms with Crippen molar-refractivity contribution in [3.63, 3.8) is 0 Å². The van der Waals surface area contributed by atoms with Gasteiger partial charge in [0, 0.05) is 30.4 Å². The largest absolute Gasteiger partial charge is 0.480 e. The molecule has 0 radical (unpaired) electrons. The molecule has 2 bridgehead atoms. The average molecular weight is 601 g/mol. The molecule has 4 saturated heterocycles. The Balaban J connectivity index is 1.35. The van der Waals surface area contributed by atoms with Crippen molar-refractivity contribution in [3.05, 3.63) is 0 Å².